The monoisotopic (exact) mass is 276 g/mol. The second-order valence-electron chi connectivity index (χ2n) is 3.04. The Morgan fingerprint density at radius 3 is 2.58 bits per heavy atom. The van der Waals surface area contributed by atoms with Crippen molar-refractivity contribution in [3.63, 3.8) is 0 Å². The normalized spacial score (nSPS) is 10.4. The van der Waals surface area contributed by atoms with Crippen molar-refractivity contribution < 1.29 is 0 Å². The van der Waals surface area contributed by atoms with Crippen LogP contribution < -0.4 is 11.3 Å². The minimum atomic E-state index is 0.546. The van der Waals surface area contributed by atoms with Gasteiger partial charge in [0.15, 0.2) is 0 Å². The number of nitrogens with two attached hydrogens (primary N) is 1. The van der Waals surface area contributed by atoms with E-state index in [9.17, 15) is 0 Å². The highest BCUT2D eigenvalue weighted by atomic mass is 127. The molecule has 0 aromatic heterocycles. The van der Waals surface area contributed by atoms with E-state index >= 15 is 0 Å². The lowest BCUT2D eigenvalue weighted by Crippen LogP contribution is -2.07. The number of hydrazine groups is 1. The molecule has 1 aromatic carbocycles. The molecule has 12 heavy (non-hydrogen) atoms. The third-order valence-electron chi connectivity index (χ3n) is 1.78. The minimum absolute atomic E-state index is 0.546. The van der Waals surface area contributed by atoms with Crippen LogP contribution >= 0.6 is 22.6 Å². The summed E-state index contributed by atoms with van der Waals surface area (Å²) in [6.07, 6.45) is 0. The first kappa shape index (κ1) is 9.80. The van der Waals surface area contributed by atoms with E-state index in [2.05, 4.69) is 54.0 Å². The fourth-order valence-electron chi connectivity index (χ4n) is 1.08. The fourth-order valence-corrected chi connectivity index (χ4v) is 2.03. The number of nitrogen functional groups attached to an aromatic ring is 1. The van der Waals surface area contributed by atoms with Gasteiger partial charge < -0.3 is 5.43 Å². The Balaban J connectivity index is 3.08. The number of halogens is 1. The Kier molecular flexibility index (Phi) is 3.34. The van der Waals surface area contributed by atoms with Crippen molar-refractivity contribution in [1.29, 1.82) is 0 Å². The third-order valence-corrected chi connectivity index (χ3v) is 2.77. The molecular formula is C9H13IN2. The van der Waals surface area contributed by atoms with Crippen LogP contribution in [0.15, 0.2) is 18.2 Å². The molecular weight excluding hydrogens is 263 g/mol. The van der Waals surface area contributed by atoms with Crippen LogP contribution in [0, 0.1) is 3.57 Å². The zero-order valence-electron chi connectivity index (χ0n) is 7.26. The van der Waals surface area contributed by atoms with Gasteiger partial charge in [0, 0.05) is 9.26 Å². The first-order valence-corrected chi connectivity index (χ1v) is 4.99. The molecule has 0 bridgehead atoms. The zero-order valence-corrected chi connectivity index (χ0v) is 9.42. The van der Waals surface area contributed by atoms with Gasteiger partial charge in [-0.2, -0.15) is 0 Å². The Bertz CT molecular complexity index is 271. The van der Waals surface area contributed by atoms with E-state index in [1.807, 2.05) is 6.07 Å². The summed E-state index contributed by atoms with van der Waals surface area (Å²) < 4.78 is 1.29. The standard InChI is InChI=1S/C9H13IN2/c1-6(2)8-5-7(12-11)3-4-9(8)10/h3-6,12H,11H2,1-2H3. The molecule has 0 amide bonds. The minimum Gasteiger partial charge on any atom is -0.324 e. The van der Waals surface area contributed by atoms with Crippen LogP contribution in [0.3, 0.4) is 0 Å². The van der Waals surface area contributed by atoms with E-state index in [-0.39, 0.29) is 0 Å². The summed E-state index contributed by atoms with van der Waals surface area (Å²) in [4.78, 5) is 0. The van der Waals surface area contributed by atoms with Crippen LogP contribution in [0.5, 0.6) is 0 Å². The summed E-state index contributed by atoms with van der Waals surface area (Å²) in [6.45, 7) is 4.36. The molecule has 0 fully saturated rings. The fraction of sp³-hybridized carbons (Fsp3) is 0.333. The van der Waals surface area contributed by atoms with Gasteiger partial charge in [0.05, 0.1) is 0 Å². The molecule has 0 radical (unpaired) electrons. The highest BCUT2D eigenvalue weighted by Gasteiger charge is 2.04. The summed E-state index contributed by atoms with van der Waals surface area (Å²) in [6, 6.07) is 6.14. The number of anilines is 1. The molecule has 0 saturated carbocycles. The number of rotatable bonds is 2. The van der Waals surface area contributed by atoms with Gasteiger partial charge in [0.25, 0.3) is 0 Å². The van der Waals surface area contributed by atoms with Crippen molar-refractivity contribution in [2.24, 2.45) is 5.84 Å². The van der Waals surface area contributed by atoms with Crippen molar-refractivity contribution in [2.75, 3.05) is 5.43 Å². The van der Waals surface area contributed by atoms with Gasteiger partial charge in [0.1, 0.15) is 0 Å². The first-order chi connectivity index (χ1) is 5.65. The van der Waals surface area contributed by atoms with Crippen molar-refractivity contribution in [3.05, 3.63) is 27.3 Å². The predicted octanol–water partition coefficient (Wildman–Crippen LogP) is 2.70. The number of hydrogen-bond acceptors (Lipinski definition) is 2. The summed E-state index contributed by atoms with van der Waals surface area (Å²) in [7, 11) is 0. The molecule has 1 aromatic rings. The zero-order chi connectivity index (χ0) is 9.14. The van der Waals surface area contributed by atoms with Crippen molar-refractivity contribution in [2.45, 2.75) is 19.8 Å². The van der Waals surface area contributed by atoms with E-state index in [1.165, 1.54) is 9.13 Å². The molecule has 0 atom stereocenters. The second kappa shape index (κ2) is 4.09. The molecule has 3 heteroatoms. The van der Waals surface area contributed by atoms with Gasteiger partial charge >= 0.3 is 0 Å². The first-order valence-electron chi connectivity index (χ1n) is 3.91. The largest absolute Gasteiger partial charge is 0.324 e. The molecule has 3 N–H and O–H groups in total. The maximum absolute atomic E-state index is 5.32. The summed E-state index contributed by atoms with van der Waals surface area (Å²) in [5.41, 5.74) is 4.96. The Labute approximate surface area is 86.6 Å². The van der Waals surface area contributed by atoms with E-state index in [1.54, 1.807) is 0 Å². The number of hydrogen-bond donors (Lipinski definition) is 2. The maximum atomic E-state index is 5.32. The molecule has 0 spiro atoms. The summed E-state index contributed by atoms with van der Waals surface area (Å²) in [5, 5.41) is 0. The van der Waals surface area contributed by atoms with Crippen LogP contribution in [0.2, 0.25) is 0 Å². The van der Waals surface area contributed by atoms with E-state index < -0.39 is 0 Å². The van der Waals surface area contributed by atoms with Gasteiger partial charge in [-0.1, -0.05) is 13.8 Å². The molecule has 0 aliphatic carbocycles. The average Bonchev–Trinajstić information content (AvgIpc) is 2.05. The van der Waals surface area contributed by atoms with Crippen molar-refractivity contribution in [3.8, 4) is 0 Å². The Morgan fingerprint density at radius 1 is 1.42 bits per heavy atom. The molecule has 0 aliphatic rings. The Morgan fingerprint density at radius 2 is 2.08 bits per heavy atom. The predicted molar refractivity (Wildman–Crippen MR) is 61.1 cm³/mol. The molecule has 0 aliphatic heterocycles. The van der Waals surface area contributed by atoms with Gasteiger partial charge in [-0.15, -0.1) is 0 Å². The lowest BCUT2D eigenvalue weighted by molar-refractivity contribution is 0.860. The Hall–Kier alpha value is -0.290. The molecule has 66 valence electrons. The molecule has 0 saturated heterocycles. The average molecular weight is 276 g/mol. The van der Waals surface area contributed by atoms with Crippen LogP contribution in [0.1, 0.15) is 25.3 Å². The van der Waals surface area contributed by atoms with Crippen LogP contribution in [0.4, 0.5) is 5.69 Å². The topological polar surface area (TPSA) is 38.0 Å². The van der Waals surface area contributed by atoms with E-state index in [0.29, 0.717) is 5.92 Å². The van der Waals surface area contributed by atoms with E-state index in [4.69, 9.17) is 5.84 Å². The van der Waals surface area contributed by atoms with Crippen LogP contribution in [-0.4, -0.2) is 0 Å². The van der Waals surface area contributed by atoms with Crippen molar-refractivity contribution in [1.82, 2.24) is 0 Å². The van der Waals surface area contributed by atoms with Crippen LogP contribution in [-0.2, 0) is 0 Å². The lowest BCUT2D eigenvalue weighted by Gasteiger charge is -2.10. The molecule has 0 unspecified atom stereocenters. The highest BCUT2D eigenvalue weighted by Crippen LogP contribution is 2.24. The van der Waals surface area contributed by atoms with Gasteiger partial charge in [-0.3, -0.25) is 5.84 Å². The quantitative estimate of drug-likeness (QED) is 0.495. The molecule has 0 heterocycles. The molecule has 1 rings (SSSR count). The smallest absolute Gasteiger partial charge is 0.0488 e. The second-order valence-corrected chi connectivity index (χ2v) is 4.20. The maximum Gasteiger partial charge on any atom is 0.0488 e. The summed E-state index contributed by atoms with van der Waals surface area (Å²) in [5.74, 6) is 5.86. The highest BCUT2D eigenvalue weighted by molar-refractivity contribution is 14.1. The van der Waals surface area contributed by atoms with Gasteiger partial charge in [-0.05, 0) is 52.3 Å². The lowest BCUT2D eigenvalue weighted by atomic mass is 10.0. The van der Waals surface area contributed by atoms with Crippen LogP contribution in [0.25, 0.3) is 0 Å². The third kappa shape index (κ3) is 2.10. The SMILES string of the molecule is CC(C)c1cc(NN)ccc1I. The van der Waals surface area contributed by atoms with Gasteiger partial charge in [0.2, 0.25) is 0 Å². The summed E-state index contributed by atoms with van der Waals surface area (Å²) >= 11 is 2.34. The molecule has 2 nitrogen and oxygen atoms in total. The number of nitrogens with one attached hydrogen (secondary N) is 1. The van der Waals surface area contributed by atoms with Gasteiger partial charge in [-0.25, -0.2) is 0 Å². The van der Waals surface area contributed by atoms with Crippen molar-refractivity contribution >= 4 is 28.3 Å². The number of benzene rings is 1. The van der Waals surface area contributed by atoms with E-state index in [0.717, 1.165) is 5.69 Å².